The molecule has 2 amide bonds. The Hall–Kier alpha value is -3.92. The first-order valence-electron chi connectivity index (χ1n) is 9.62. The van der Waals surface area contributed by atoms with E-state index in [4.69, 9.17) is 5.11 Å². The molecular formula is C21H23N5O5. The third kappa shape index (κ3) is 4.98. The van der Waals surface area contributed by atoms with Crippen molar-refractivity contribution in [2.24, 2.45) is 5.92 Å². The first-order valence-corrected chi connectivity index (χ1v) is 9.62. The van der Waals surface area contributed by atoms with Crippen LogP contribution in [0.1, 0.15) is 30.4 Å². The van der Waals surface area contributed by atoms with Crippen molar-refractivity contribution < 1.29 is 19.5 Å². The number of hydrazine groups is 1. The summed E-state index contributed by atoms with van der Waals surface area (Å²) in [5.41, 5.74) is 5.16. The van der Waals surface area contributed by atoms with Crippen molar-refractivity contribution in [2.45, 2.75) is 19.9 Å². The van der Waals surface area contributed by atoms with E-state index >= 15 is 0 Å². The van der Waals surface area contributed by atoms with E-state index in [9.17, 15) is 19.2 Å². The van der Waals surface area contributed by atoms with Gasteiger partial charge in [0.05, 0.1) is 0 Å². The standard InChI is InChI=1S/C21H23N5O5/c1-12(2)18(20(30)25-22-11-17(27)28)26-9-5-8-15(21(26)31)24-19(29)16-10-13-6-3-4-7-14(13)23-16/h3-10,12,18,22-23H,11H2,1-2H3,(H,24,29)(H,25,30)(H,27,28). The molecule has 0 fully saturated rings. The second-order valence-corrected chi connectivity index (χ2v) is 7.28. The van der Waals surface area contributed by atoms with E-state index in [1.54, 1.807) is 26.0 Å². The molecule has 3 rings (SSSR count). The zero-order valence-corrected chi connectivity index (χ0v) is 17.0. The molecule has 2 heterocycles. The van der Waals surface area contributed by atoms with Crippen LogP contribution in [0.25, 0.3) is 10.9 Å². The monoisotopic (exact) mass is 425 g/mol. The molecule has 5 N–H and O–H groups in total. The van der Waals surface area contributed by atoms with Crippen LogP contribution < -0.4 is 21.7 Å². The van der Waals surface area contributed by atoms with Crippen LogP contribution in [-0.2, 0) is 9.59 Å². The van der Waals surface area contributed by atoms with Gasteiger partial charge in [0.1, 0.15) is 24.0 Å². The van der Waals surface area contributed by atoms with Crippen LogP contribution >= 0.6 is 0 Å². The largest absolute Gasteiger partial charge is 0.480 e. The van der Waals surface area contributed by atoms with Gasteiger partial charge in [0, 0.05) is 17.1 Å². The third-order valence-electron chi connectivity index (χ3n) is 4.65. The molecule has 1 unspecified atom stereocenters. The summed E-state index contributed by atoms with van der Waals surface area (Å²) < 4.78 is 1.21. The van der Waals surface area contributed by atoms with Gasteiger partial charge in [-0.1, -0.05) is 32.0 Å². The summed E-state index contributed by atoms with van der Waals surface area (Å²) in [5.74, 6) is -2.48. The fraction of sp³-hybridized carbons (Fsp3) is 0.238. The quantitative estimate of drug-likeness (QED) is 0.346. The maximum Gasteiger partial charge on any atom is 0.319 e. The number of benzene rings is 1. The van der Waals surface area contributed by atoms with Gasteiger partial charge in [-0.3, -0.25) is 24.6 Å². The van der Waals surface area contributed by atoms with E-state index < -0.39 is 35.9 Å². The number of H-pyrrole nitrogens is 1. The topological polar surface area (TPSA) is 145 Å². The van der Waals surface area contributed by atoms with Gasteiger partial charge < -0.3 is 20.0 Å². The number of carbonyl (C=O) groups excluding carboxylic acids is 2. The predicted octanol–water partition coefficient (Wildman–Crippen LogP) is 1.48. The molecule has 0 aliphatic rings. The molecule has 3 aromatic rings. The fourth-order valence-corrected chi connectivity index (χ4v) is 3.24. The predicted molar refractivity (Wildman–Crippen MR) is 115 cm³/mol. The van der Waals surface area contributed by atoms with Gasteiger partial charge in [-0.2, -0.15) is 0 Å². The Balaban J connectivity index is 1.83. The van der Waals surface area contributed by atoms with E-state index in [1.807, 2.05) is 24.3 Å². The molecule has 0 spiro atoms. The number of aromatic nitrogens is 2. The minimum atomic E-state index is -1.14. The summed E-state index contributed by atoms with van der Waals surface area (Å²) in [6, 6.07) is 11.2. The molecule has 1 aromatic carbocycles. The zero-order chi connectivity index (χ0) is 22.5. The summed E-state index contributed by atoms with van der Waals surface area (Å²) in [6.45, 7) is 3.04. The van der Waals surface area contributed by atoms with Gasteiger partial charge in [0.2, 0.25) is 0 Å². The van der Waals surface area contributed by atoms with Gasteiger partial charge in [-0.15, -0.1) is 0 Å². The molecule has 0 bridgehead atoms. The van der Waals surface area contributed by atoms with E-state index in [2.05, 4.69) is 21.2 Å². The number of aromatic amines is 1. The number of amides is 2. The summed E-state index contributed by atoms with van der Waals surface area (Å²) in [5, 5.41) is 12.1. The van der Waals surface area contributed by atoms with Crippen molar-refractivity contribution in [3.05, 3.63) is 64.7 Å². The normalized spacial score (nSPS) is 12.0. The number of aliphatic carboxylic acids is 1. The highest BCUT2D eigenvalue weighted by Gasteiger charge is 2.26. The Morgan fingerprint density at radius 2 is 1.87 bits per heavy atom. The van der Waals surface area contributed by atoms with Crippen molar-refractivity contribution in [3.8, 4) is 0 Å². The Labute approximate surface area is 177 Å². The van der Waals surface area contributed by atoms with Gasteiger partial charge in [-0.05, 0) is 30.2 Å². The number of carboxylic acid groups (broad SMARTS) is 1. The molecule has 0 saturated carbocycles. The highest BCUT2D eigenvalue weighted by Crippen LogP contribution is 2.18. The maximum atomic E-state index is 13.0. The number of para-hydroxylation sites is 1. The average Bonchev–Trinajstić information content (AvgIpc) is 3.15. The number of pyridine rings is 1. The summed E-state index contributed by atoms with van der Waals surface area (Å²) in [6.07, 6.45) is 1.45. The summed E-state index contributed by atoms with van der Waals surface area (Å²) in [4.78, 5) is 51.8. The third-order valence-corrected chi connectivity index (χ3v) is 4.65. The van der Waals surface area contributed by atoms with Crippen LogP contribution in [0.3, 0.4) is 0 Å². The lowest BCUT2D eigenvalue weighted by molar-refractivity contribution is -0.136. The number of nitrogens with one attached hydrogen (secondary N) is 4. The molecule has 2 aromatic heterocycles. The fourth-order valence-electron chi connectivity index (χ4n) is 3.24. The van der Waals surface area contributed by atoms with E-state index in [0.717, 1.165) is 10.9 Å². The van der Waals surface area contributed by atoms with Crippen LogP contribution in [0.4, 0.5) is 5.69 Å². The Bertz CT molecular complexity index is 1150. The molecule has 1 atom stereocenters. The molecule has 10 heteroatoms. The van der Waals surface area contributed by atoms with Crippen LogP contribution in [-0.4, -0.2) is 39.0 Å². The van der Waals surface area contributed by atoms with Crippen molar-refractivity contribution in [1.29, 1.82) is 0 Å². The van der Waals surface area contributed by atoms with Crippen molar-refractivity contribution in [2.75, 3.05) is 11.9 Å². The summed E-state index contributed by atoms with van der Waals surface area (Å²) in [7, 11) is 0. The molecule has 162 valence electrons. The number of nitrogens with zero attached hydrogens (tertiary/aromatic N) is 1. The van der Waals surface area contributed by atoms with E-state index in [-0.39, 0.29) is 11.6 Å². The van der Waals surface area contributed by atoms with Crippen molar-refractivity contribution in [1.82, 2.24) is 20.4 Å². The lowest BCUT2D eigenvalue weighted by atomic mass is 10.0. The van der Waals surface area contributed by atoms with Crippen molar-refractivity contribution >= 4 is 34.4 Å². The number of carbonyl (C=O) groups is 3. The molecule has 0 aliphatic heterocycles. The highest BCUT2D eigenvalue weighted by atomic mass is 16.4. The van der Waals surface area contributed by atoms with Gasteiger partial charge in [-0.25, -0.2) is 5.43 Å². The first kappa shape index (κ1) is 21.8. The number of hydrogen-bond donors (Lipinski definition) is 5. The minimum Gasteiger partial charge on any atom is -0.480 e. The smallest absolute Gasteiger partial charge is 0.319 e. The zero-order valence-electron chi connectivity index (χ0n) is 17.0. The number of carboxylic acids is 1. The van der Waals surface area contributed by atoms with E-state index in [1.165, 1.54) is 16.8 Å². The molecule has 0 aliphatic carbocycles. The summed E-state index contributed by atoms with van der Waals surface area (Å²) >= 11 is 0. The lowest BCUT2D eigenvalue weighted by Crippen LogP contribution is -2.47. The van der Waals surface area contributed by atoms with Gasteiger partial charge >= 0.3 is 5.97 Å². The number of anilines is 1. The SMILES string of the molecule is CC(C)C(C(=O)NNCC(=O)O)n1cccc(NC(=O)c2cc3ccccc3[nH]2)c1=O. The average molecular weight is 425 g/mol. The first-order chi connectivity index (χ1) is 14.8. The molecule has 0 saturated heterocycles. The van der Waals surface area contributed by atoms with Crippen LogP contribution in [0.2, 0.25) is 0 Å². The molecular weight excluding hydrogens is 402 g/mol. The minimum absolute atomic E-state index is 0.0168. The van der Waals surface area contributed by atoms with E-state index in [0.29, 0.717) is 5.69 Å². The number of rotatable bonds is 8. The Morgan fingerprint density at radius 1 is 1.13 bits per heavy atom. The lowest BCUT2D eigenvalue weighted by Gasteiger charge is -2.23. The second-order valence-electron chi connectivity index (χ2n) is 7.28. The molecule has 0 radical (unpaired) electrons. The second kappa shape index (κ2) is 9.26. The Kier molecular flexibility index (Phi) is 6.51. The van der Waals surface area contributed by atoms with Crippen LogP contribution in [0.5, 0.6) is 0 Å². The van der Waals surface area contributed by atoms with Crippen LogP contribution in [0.15, 0.2) is 53.5 Å². The Morgan fingerprint density at radius 3 is 2.55 bits per heavy atom. The van der Waals surface area contributed by atoms with Gasteiger partial charge in [0.25, 0.3) is 17.4 Å². The maximum absolute atomic E-state index is 13.0. The number of fused-ring (bicyclic) bond motifs is 1. The van der Waals surface area contributed by atoms with Crippen LogP contribution in [0, 0.1) is 5.92 Å². The van der Waals surface area contributed by atoms with Crippen molar-refractivity contribution in [3.63, 3.8) is 0 Å². The molecule has 31 heavy (non-hydrogen) atoms. The molecule has 10 nitrogen and oxygen atoms in total. The van der Waals surface area contributed by atoms with Gasteiger partial charge in [0.15, 0.2) is 0 Å². The number of hydrogen-bond acceptors (Lipinski definition) is 5. The highest BCUT2D eigenvalue weighted by molar-refractivity contribution is 6.05.